The van der Waals surface area contributed by atoms with E-state index in [4.69, 9.17) is 9.26 Å². The number of hydrogen-bond acceptors (Lipinski definition) is 7. The number of urea groups is 1. The lowest BCUT2D eigenvalue weighted by atomic mass is 10.2. The molecule has 1 aliphatic heterocycles. The molecule has 1 N–H and O–H groups in total. The van der Waals surface area contributed by atoms with E-state index in [9.17, 15) is 9.59 Å². The summed E-state index contributed by atoms with van der Waals surface area (Å²) in [7, 11) is 0. The van der Waals surface area contributed by atoms with Gasteiger partial charge in [-0.2, -0.15) is 5.10 Å². The lowest BCUT2D eigenvalue weighted by Crippen LogP contribution is -2.49. The van der Waals surface area contributed by atoms with Crippen LogP contribution in [0.3, 0.4) is 0 Å². The lowest BCUT2D eigenvalue weighted by molar-refractivity contribution is 0.0519. The Balaban J connectivity index is 1.33. The van der Waals surface area contributed by atoms with Gasteiger partial charge in [0.1, 0.15) is 0 Å². The summed E-state index contributed by atoms with van der Waals surface area (Å²) in [6.07, 6.45) is 1.68. The first kappa shape index (κ1) is 21.6. The Morgan fingerprint density at radius 1 is 1.16 bits per heavy atom. The zero-order valence-corrected chi connectivity index (χ0v) is 18.2. The fourth-order valence-electron chi connectivity index (χ4n) is 3.53. The molecule has 1 fully saturated rings. The van der Waals surface area contributed by atoms with Crippen LogP contribution in [-0.4, -0.2) is 69.5 Å². The monoisotopic (exact) mass is 438 g/mol. The van der Waals surface area contributed by atoms with Crippen molar-refractivity contribution in [1.82, 2.24) is 24.7 Å². The molecule has 0 radical (unpaired) electrons. The molecule has 32 heavy (non-hydrogen) atoms. The minimum Gasteiger partial charge on any atom is -0.461 e. The SMILES string of the molecule is CCOC(=O)c1ccn(-c2cccc(NC(=O)N3CCN(Cc4cc(C)no4)CC3)c2)n1. The molecule has 10 nitrogen and oxygen atoms in total. The molecular weight excluding hydrogens is 412 g/mol. The first-order chi connectivity index (χ1) is 15.5. The van der Waals surface area contributed by atoms with Crippen molar-refractivity contribution in [3.8, 4) is 5.69 Å². The van der Waals surface area contributed by atoms with Gasteiger partial charge in [0.05, 0.1) is 24.5 Å². The highest BCUT2D eigenvalue weighted by Gasteiger charge is 2.22. The quantitative estimate of drug-likeness (QED) is 0.590. The number of carbonyl (C=O) groups is 2. The van der Waals surface area contributed by atoms with E-state index >= 15 is 0 Å². The summed E-state index contributed by atoms with van der Waals surface area (Å²) in [5, 5.41) is 11.1. The molecule has 1 aliphatic rings. The fourth-order valence-corrected chi connectivity index (χ4v) is 3.53. The van der Waals surface area contributed by atoms with Crippen molar-refractivity contribution < 1.29 is 18.8 Å². The number of ether oxygens (including phenoxy) is 1. The second-order valence-electron chi connectivity index (χ2n) is 7.54. The zero-order valence-electron chi connectivity index (χ0n) is 18.2. The summed E-state index contributed by atoms with van der Waals surface area (Å²) in [5.41, 5.74) is 2.48. The molecule has 0 unspecified atom stereocenters. The predicted molar refractivity (Wildman–Crippen MR) is 117 cm³/mol. The third-order valence-electron chi connectivity index (χ3n) is 5.15. The number of nitrogens with zero attached hydrogens (tertiary/aromatic N) is 5. The van der Waals surface area contributed by atoms with Crippen LogP contribution in [0.4, 0.5) is 10.5 Å². The van der Waals surface area contributed by atoms with Gasteiger partial charge < -0.3 is 19.5 Å². The highest BCUT2D eigenvalue weighted by molar-refractivity contribution is 5.90. The van der Waals surface area contributed by atoms with E-state index in [1.165, 1.54) is 0 Å². The number of carbonyl (C=O) groups excluding carboxylic acids is 2. The van der Waals surface area contributed by atoms with Gasteiger partial charge >= 0.3 is 12.0 Å². The van der Waals surface area contributed by atoms with Crippen LogP contribution in [0, 0.1) is 6.92 Å². The topological polar surface area (TPSA) is 106 Å². The first-order valence-electron chi connectivity index (χ1n) is 10.6. The highest BCUT2D eigenvalue weighted by atomic mass is 16.5. The molecule has 1 aromatic carbocycles. The molecule has 3 heterocycles. The molecule has 168 valence electrons. The van der Waals surface area contributed by atoms with E-state index in [0.29, 0.717) is 31.9 Å². The van der Waals surface area contributed by atoms with E-state index in [1.807, 2.05) is 37.3 Å². The third kappa shape index (κ3) is 5.14. The van der Waals surface area contributed by atoms with Crippen molar-refractivity contribution in [3.05, 3.63) is 59.7 Å². The minimum absolute atomic E-state index is 0.148. The van der Waals surface area contributed by atoms with Crippen LogP contribution in [0.5, 0.6) is 0 Å². The number of aryl methyl sites for hydroxylation is 1. The number of piperazine rings is 1. The van der Waals surface area contributed by atoms with Crippen LogP contribution in [-0.2, 0) is 11.3 Å². The minimum atomic E-state index is -0.465. The van der Waals surface area contributed by atoms with Crippen molar-refractivity contribution in [2.24, 2.45) is 0 Å². The summed E-state index contributed by atoms with van der Waals surface area (Å²) in [6.45, 7) is 7.40. The Bertz CT molecular complexity index is 1080. The standard InChI is InChI=1S/C22H26N6O4/c1-3-31-21(29)20-7-8-28(24-20)18-6-4-5-17(14-18)23-22(30)27-11-9-26(10-12-27)15-19-13-16(2)25-32-19/h4-8,13-14H,3,9-12,15H2,1-2H3,(H,23,30). The van der Waals surface area contributed by atoms with Crippen LogP contribution < -0.4 is 5.32 Å². The molecular formula is C22H26N6O4. The van der Waals surface area contributed by atoms with Gasteiger partial charge in [0, 0.05) is 44.1 Å². The molecule has 2 amide bonds. The van der Waals surface area contributed by atoms with Gasteiger partial charge in [-0.05, 0) is 38.1 Å². The Morgan fingerprint density at radius 2 is 1.97 bits per heavy atom. The number of anilines is 1. The number of nitrogens with one attached hydrogen (secondary N) is 1. The number of amides is 2. The summed E-state index contributed by atoms with van der Waals surface area (Å²) >= 11 is 0. The van der Waals surface area contributed by atoms with Gasteiger partial charge in [0.2, 0.25) is 0 Å². The van der Waals surface area contributed by atoms with Gasteiger partial charge in [-0.25, -0.2) is 14.3 Å². The Kier molecular flexibility index (Phi) is 6.50. The van der Waals surface area contributed by atoms with E-state index in [0.717, 1.165) is 30.2 Å². The van der Waals surface area contributed by atoms with Gasteiger partial charge in [0.15, 0.2) is 11.5 Å². The van der Waals surface area contributed by atoms with Gasteiger partial charge in [0.25, 0.3) is 0 Å². The average molecular weight is 438 g/mol. The molecule has 2 aromatic heterocycles. The molecule has 0 saturated carbocycles. The maximum absolute atomic E-state index is 12.7. The fraction of sp³-hybridized carbons (Fsp3) is 0.364. The molecule has 10 heteroatoms. The number of rotatable bonds is 6. The predicted octanol–water partition coefficient (Wildman–Crippen LogP) is 2.70. The molecule has 0 bridgehead atoms. The number of benzene rings is 1. The van der Waals surface area contributed by atoms with Gasteiger partial charge in [-0.15, -0.1) is 0 Å². The normalized spacial score (nSPS) is 14.4. The Hall–Kier alpha value is -3.66. The maximum atomic E-state index is 12.7. The summed E-state index contributed by atoms with van der Waals surface area (Å²) < 4.78 is 11.8. The van der Waals surface area contributed by atoms with E-state index < -0.39 is 5.97 Å². The number of hydrogen-bond donors (Lipinski definition) is 1. The van der Waals surface area contributed by atoms with Gasteiger partial charge in [-0.3, -0.25) is 4.90 Å². The molecule has 0 aliphatic carbocycles. The van der Waals surface area contributed by atoms with Crippen molar-refractivity contribution >= 4 is 17.7 Å². The smallest absolute Gasteiger partial charge is 0.358 e. The highest BCUT2D eigenvalue weighted by Crippen LogP contribution is 2.16. The maximum Gasteiger partial charge on any atom is 0.358 e. The van der Waals surface area contributed by atoms with Crippen molar-refractivity contribution in [1.29, 1.82) is 0 Å². The summed E-state index contributed by atoms with van der Waals surface area (Å²) in [5.74, 6) is 0.371. The van der Waals surface area contributed by atoms with E-state index in [-0.39, 0.29) is 11.7 Å². The van der Waals surface area contributed by atoms with Crippen LogP contribution in [0.2, 0.25) is 0 Å². The molecule has 0 atom stereocenters. The zero-order chi connectivity index (χ0) is 22.5. The van der Waals surface area contributed by atoms with E-state index in [2.05, 4.69) is 20.5 Å². The molecule has 0 spiro atoms. The van der Waals surface area contributed by atoms with Crippen LogP contribution in [0.25, 0.3) is 5.69 Å². The average Bonchev–Trinajstić information content (AvgIpc) is 3.44. The molecule has 3 aromatic rings. The third-order valence-corrected chi connectivity index (χ3v) is 5.15. The first-order valence-corrected chi connectivity index (χ1v) is 10.6. The number of esters is 1. The van der Waals surface area contributed by atoms with Crippen LogP contribution in [0.15, 0.2) is 47.1 Å². The molecule has 1 saturated heterocycles. The second kappa shape index (κ2) is 9.65. The van der Waals surface area contributed by atoms with Crippen molar-refractivity contribution in [3.63, 3.8) is 0 Å². The Morgan fingerprint density at radius 3 is 2.69 bits per heavy atom. The lowest BCUT2D eigenvalue weighted by Gasteiger charge is -2.34. The van der Waals surface area contributed by atoms with Crippen molar-refractivity contribution in [2.75, 3.05) is 38.1 Å². The molecule has 4 rings (SSSR count). The summed E-state index contributed by atoms with van der Waals surface area (Å²) in [6, 6.07) is 10.7. The van der Waals surface area contributed by atoms with E-state index in [1.54, 1.807) is 28.8 Å². The Labute approximate surface area is 185 Å². The number of aromatic nitrogens is 3. The largest absolute Gasteiger partial charge is 0.461 e. The van der Waals surface area contributed by atoms with Crippen LogP contribution in [0.1, 0.15) is 28.9 Å². The van der Waals surface area contributed by atoms with Crippen molar-refractivity contribution in [2.45, 2.75) is 20.4 Å². The second-order valence-corrected chi connectivity index (χ2v) is 7.54. The summed E-state index contributed by atoms with van der Waals surface area (Å²) in [4.78, 5) is 28.6. The van der Waals surface area contributed by atoms with Crippen LogP contribution >= 0.6 is 0 Å². The van der Waals surface area contributed by atoms with Gasteiger partial charge in [-0.1, -0.05) is 11.2 Å².